The van der Waals surface area contributed by atoms with Crippen molar-refractivity contribution in [3.63, 3.8) is 0 Å². The molecule has 3 aliphatic heterocycles. The van der Waals surface area contributed by atoms with Gasteiger partial charge in [-0.25, -0.2) is 9.78 Å². The quantitative estimate of drug-likeness (QED) is 0.625. The minimum absolute atomic E-state index is 0.0656. The zero-order valence-electron chi connectivity index (χ0n) is 13.6. The Morgan fingerprint density at radius 3 is 2.79 bits per heavy atom. The molecule has 0 aromatic carbocycles. The van der Waals surface area contributed by atoms with Gasteiger partial charge in [0.1, 0.15) is 0 Å². The van der Waals surface area contributed by atoms with E-state index in [2.05, 4.69) is 6.92 Å². The molecule has 4 fully saturated rings. The molecule has 1 unspecified atom stereocenters. The minimum atomic E-state index is -4.73. The second-order valence-electron chi connectivity index (χ2n) is 6.87. The molecule has 4 aliphatic rings. The van der Waals surface area contributed by atoms with Crippen LogP contribution < -0.4 is 0 Å². The third-order valence-corrected chi connectivity index (χ3v) is 5.14. The van der Waals surface area contributed by atoms with Gasteiger partial charge in [0, 0.05) is 18.8 Å². The van der Waals surface area contributed by atoms with Crippen LogP contribution in [0.4, 0.5) is 13.2 Å². The zero-order chi connectivity index (χ0) is 17.6. The molecule has 5 atom stereocenters. The highest BCUT2D eigenvalue weighted by Crippen LogP contribution is 2.54. The van der Waals surface area contributed by atoms with Crippen LogP contribution >= 0.6 is 0 Å². The smallest absolute Gasteiger partial charge is 0.448 e. The Morgan fingerprint density at radius 2 is 2.12 bits per heavy atom. The van der Waals surface area contributed by atoms with E-state index in [9.17, 15) is 13.2 Å². The normalized spacial score (nSPS) is 43.2. The van der Waals surface area contributed by atoms with Crippen molar-refractivity contribution < 1.29 is 37.5 Å². The maximum absolute atomic E-state index is 13.2. The Balaban J connectivity index is 1.94. The van der Waals surface area contributed by atoms with E-state index in [1.807, 2.05) is 0 Å². The average molecular weight is 351 g/mol. The molecule has 0 aromatic rings. The molecule has 5 nitrogen and oxygen atoms in total. The second-order valence-corrected chi connectivity index (χ2v) is 6.87. The minimum Gasteiger partial charge on any atom is -0.457 e. The van der Waals surface area contributed by atoms with Gasteiger partial charge in [-0.2, -0.15) is 13.2 Å². The molecule has 0 amide bonds. The summed E-state index contributed by atoms with van der Waals surface area (Å²) in [5, 5.41) is 8.88. The fourth-order valence-corrected chi connectivity index (χ4v) is 3.85. The summed E-state index contributed by atoms with van der Waals surface area (Å²) in [6.45, 7) is 2.89. The average Bonchev–Trinajstić information content (AvgIpc) is 2.71. The van der Waals surface area contributed by atoms with Gasteiger partial charge in [-0.3, -0.25) is 0 Å². The molecule has 4 rings (SSSR count). The Hall–Kier alpha value is -0.830. The lowest BCUT2D eigenvalue weighted by Gasteiger charge is -2.50. The summed E-state index contributed by atoms with van der Waals surface area (Å²) in [4.78, 5) is 11.0. The van der Waals surface area contributed by atoms with Crippen LogP contribution in [0.15, 0.2) is 11.8 Å². The van der Waals surface area contributed by atoms with Crippen molar-refractivity contribution in [2.45, 2.75) is 63.4 Å². The van der Waals surface area contributed by atoms with Gasteiger partial charge in [-0.05, 0) is 38.2 Å². The lowest BCUT2D eigenvalue weighted by atomic mass is 9.67. The standard InChI is InChI=1S/C16H22F3O5/c1-10-4-3-7-15-11(10)5-8-14(2,23-24-15)22-13(15)21-12(6-9-20)16(17,18)19/h6-7,10-11,13,20H,3-5,8-9H2,1-2H3/b12-6+/t10-,11?,13-,14+,15+/m1/s1. The number of hydrogen-bond acceptors (Lipinski definition) is 5. The van der Waals surface area contributed by atoms with Gasteiger partial charge < -0.3 is 14.6 Å². The number of hydrogen-bond donors (Lipinski definition) is 1. The maximum Gasteiger partial charge on any atom is 0.448 e. The monoisotopic (exact) mass is 351 g/mol. The number of alkyl halides is 3. The molecule has 3 heterocycles. The summed E-state index contributed by atoms with van der Waals surface area (Å²) in [7, 11) is 0. The van der Waals surface area contributed by atoms with Crippen molar-refractivity contribution in [2.75, 3.05) is 6.61 Å². The van der Waals surface area contributed by atoms with Gasteiger partial charge in [0.15, 0.2) is 5.60 Å². The molecule has 1 radical (unpaired) electrons. The maximum atomic E-state index is 13.2. The fourth-order valence-electron chi connectivity index (χ4n) is 3.85. The molecular formula is C16H22F3O5. The molecule has 24 heavy (non-hydrogen) atoms. The van der Waals surface area contributed by atoms with Gasteiger partial charge in [-0.1, -0.05) is 6.92 Å². The van der Waals surface area contributed by atoms with Gasteiger partial charge in [0.2, 0.25) is 17.8 Å². The fraction of sp³-hybridized carbons (Fsp3) is 0.812. The summed E-state index contributed by atoms with van der Waals surface area (Å²) < 4.78 is 50.4. The van der Waals surface area contributed by atoms with Crippen LogP contribution in [-0.4, -0.2) is 35.6 Å². The molecule has 1 saturated carbocycles. The van der Waals surface area contributed by atoms with E-state index in [1.54, 1.807) is 13.3 Å². The summed E-state index contributed by atoms with van der Waals surface area (Å²) >= 11 is 0. The van der Waals surface area contributed by atoms with E-state index in [0.29, 0.717) is 25.3 Å². The Morgan fingerprint density at radius 1 is 1.38 bits per heavy atom. The molecule has 3 saturated heterocycles. The van der Waals surface area contributed by atoms with Crippen LogP contribution in [0.2, 0.25) is 0 Å². The molecule has 0 aromatic heterocycles. The Labute approximate surface area is 138 Å². The predicted molar refractivity (Wildman–Crippen MR) is 75.9 cm³/mol. The van der Waals surface area contributed by atoms with Gasteiger partial charge in [0.05, 0.1) is 6.61 Å². The first kappa shape index (κ1) is 18.0. The van der Waals surface area contributed by atoms with E-state index < -0.39 is 36.2 Å². The Kier molecular flexibility index (Phi) is 4.61. The number of allylic oxidation sites excluding steroid dienone is 1. The molecule has 1 N–H and O–H groups in total. The molecule has 8 heteroatoms. The number of rotatable bonds is 3. The van der Waals surface area contributed by atoms with E-state index in [0.717, 1.165) is 6.42 Å². The largest absolute Gasteiger partial charge is 0.457 e. The van der Waals surface area contributed by atoms with E-state index in [1.165, 1.54) is 0 Å². The first-order chi connectivity index (χ1) is 11.2. The second kappa shape index (κ2) is 6.16. The summed E-state index contributed by atoms with van der Waals surface area (Å²) in [5.41, 5.74) is -1.19. The SMILES string of the molecule is C[C@@H]1CC[CH][C@]23OO[C@@](C)(CCC12)O[C@H]3O/C(=C/CO)C(F)(F)F. The van der Waals surface area contributed by atoms with Crippen LogP contribution in [0.5, 0.6) is 0 Å². The number of fused-ring (bicyclic) bond motifs is 3. The van der Waals surface area contributed by atoms with E-state index in [4.69, 9.17) is 24.4 Å². The van der Waals surface area contributed by atoms with Crippen LogP contribution in [0.25, 0.3) is 0 Å². The van der Waals surface area contributed by atoms with Crippen LogP contribution in [-0.2, 0) is 19.2 Å². The summed E-state index contributed by atoms with van der Waals surface area (Å²) in [6, 6.07) is 0. The van der Waals surface area contributed by atoms with Crippen molar-refractivity contribution in [1.29, 1.82) is 0 Å². The highest BCUT2D eigenvalue weighted by molar-refractivity contribution is 5.12. The van der Waals surface area contributed by atoms with Crippen molar-refractivity contribution in [3.05, 3.63) is 18.3 Å². The van der Waals surface area contributed by atoms with Crippen LogP contribution in [0.3, 0.4) is 0 Å². The number of halogens is 3. The topological polar surface area (TPSA) is 57.2 Å². The summed E-state index contributed by atoms with van der Waals surface area (Å²) in [6.07, 6.45) is -0.813. The summed E-state index contributed by atoms with van der Waals surface area (Å²) in [5.74, 6) is -2.26. The van der Waals surface area contributed by atoms with Crippen molar-refractivity contribution in [3.8, 4) is 0 Å². The van der Waals surface area contributed by atoms with Crippen molar-refractivity contribution in [1.82, 2.24) is 0 Å². The van der Waals surface area contributed by atoms with Crippen LogP contribution in [0, 0.1) is 18.3 Å². The first-order valence-electron chi connectivity index (χ1n) is 8.14. The van der Waals surface area contributed by atoms with Gasteiger partial charge >= 0.3 is 6.18 Å². The molecule has 1 aliphatic carbocycles. The molecule has 2 bridgehead atoms. The molecular weight excluding hydrogens is 329 g/mol. The lowest BCUT2D eigenvalue weighted by molar-refractivity contribution is -0.541. The molecule has 1 spiro atoms. The van der Waals surface area contributed by atoms with Crippen molar-refractivity contribution >= 4 is 0 Å². The van der Waals surface area contributed by atoms with Crippen molar-refractivity contribution in [2.24, 2.45) is 11.8 Å². The highest BCUT2D eigenvalue weighted by atomic mass is 19.4. The van der Waals surface area contributed by atoms with E-state index >= 15 is 0 Å². The van der Waals surface area contributed by atoms with Crippen LogP contribution in [0.1, 0.15) is 39.5 Å². The third kappa shape index (κ3) is 3.05. The first-order valence-corrected chi connectivity index (χ1v) is 8.14. The number of aliphatic hydroxyl groups excluding tert-OH is 1. The van der Waals surface area contributed by atoms with Gasteiger partial charge in [-0.15, -0.1) is 0 Å². The van der Waals surface area contributed by atoms with E-state index in [-0.39, 0.29) is 11.8 Å². The zero-order valence-corrected chi connectivity index (χ0v) is 13.6. The number of aliphatic hydroxyl groups is 1. The predicted octanol–water partition coefficient (Wildman–Crippen LogP) is 3.25. The number of ether oxygens (including phenoxy) is 2. The molecule has 137 valence electrons. The Bertz CT molecular complexity index is 508. The lowest BCUT2D eigenvalue weighted by Crippen LogP contribution is -2.61. The third-order valence-electron chi connectivity index (χ3n) is 5.14. The van der Waals surface area contributed by atoms with Gasteiger partial charge in [0.25, 0.3) is 0 Å². The highest BCUT2D eigenvalue weighted by Gasteiger charge is 2.63.